The minimum Gasteiger partial charge on any atom is -0.386 e. The monoisotopic (exact) mass is 403 g/mol. The molecule has 3 aromatic rings. The smallest absolute Gasteiger partial charge is 0.269 e. The predicted molar refractivity (Wildman–Crippen MR) is 115 cm³/mol. The van der Waals surface area contributed by atoms with Crippen molar-refractivity contribution in [1.82, 2.24) is 15.2 Å². The second-order valence-electron chi connectivity index (χ2n) is 6.96. The number of aliphatic hydroxyl groups is 1. The Morgan fingerprint density at radius 2 is 1.60 bits per heavy atom. The molecule has 0 radical (unpaired) electrons. The Morgan fingerprint density at radius 3 is 2.23 bits per heavy atom. The molecule has 6 heteroatoms. The molecule has 6 nitrogen and oxygen atoms in total. The zero-order chi connectivity index (χ0) is 21.3. The van der Waals surface area contributed by atoms with Crippen LogP contribution in [0.25, 0.3) is 0 Å². The Labute approximate surface area is 176 Å². The molecule has 0 fully saturated rings. The zero-order valence-electron chi connectivity index (χ0n) is 16.8. The van der Waals surface area contributed by atoms with Gasteiger partial charge in [-0.2, -0.15) is 0 Å². The van der Waals surface area contributed by atoms with Gasteiger partial charge in [0.2, 0.25) is 0 Å². The maximum Gasteiger partial charge on any atom is 0.269 e. The van der Waals surface area contributed by atoms with Crippen molar-refractivity contribution >= 4 is 11.8 Å². The number of aromatic nitrogens is 1. The zero-order valence-corrected chi connectivity index (χ0v) is 16.8. The van der Waals surface area contributed by atoms with Crippen molar-refractivity contribution in [2.75, 3.05) is 13.6 Å². The lowest BCUT2D eigenvalue weighted by molar-refractivity contribution is 0.0411. The van der Waals surface area contributed by atoms with Crippen LogP contribution in [0.1, 0.15) is 38.9 Å². The van der Waals surface area contributed by atoms with Crippen molar-refractivity contribution in [3.63, 3.8) is 0 Å². The third-order valence-corrected chi connectivity index (χ3v) is 4.97. The quantitative estimate of drug-likeness (QED) is 0.606. The number of aliphatic hydroxyl groups excluding tert-OH is 1. The maximum atomic E-state index is 13.0. The van der Waals surface area contributed by atoms with Gasteiger partial charge in [0, 0.05) is 25.4 Å². The molecule has 1 aromatic heterocycles. The van der Waals surface area contributed by atoms with Gasteiger partial charge < -0.3 is 15.3 Å². The standard InChI is InChI=1S/C24H25N3O3/c1-27(24(30)19-12-6-3-7-13-19)21(22(28)18-10-4-2-5-11-18)15-17-26-23(29)20-14-8-9-16-25-20/h2-14,16,21-22,28H,15,17H2,1H3,(H,26,29). The molecule has 2 amide bonds. The lowest BCUT2D eigenvalue weighted by Crippen LogP contribution is -2.43. The third-order valence-electron chi connectivity index (χ3n) is 4.97. The fourth-order valence-corrected chi connectivity index (χ4v) is 3.29. The second kappa shape index (κ2) is 10.3. The van der Waals surface area contributed by atoms with Crippen molar-refractivity contribution in [2.24, 2.45) is 0 Å². The van der Waals surface area contributed by atoms with E-state index in [2.05, 4.69) is 10.3 Å². The first-order chi connectivity index (χ1) is 14.6. The summed E-state index contributed by atoms with van der Waals surface area (Å²) in [5, 5.41) is 13.8. The Hall–Kier alpha value is -3.51. The summed E-state index contributed by atoms with van der Waals surface area (Å²) in [7, 11) is 1.67. The van der Waals surface area contributed by atoms with Crippen LogP contribution in [-0.2, 0) is 0 Å². The maximum absolute atomic E-state index is 13.0. The van der Waals surface area contributed by atoms with Gasteiger partial charge in [0.25, 0.3) is 11.8 Å². The molecule has 2 unspecified atom stereocenters. The van der Waals surface area contributed by atoms with Crippen LogP contribution >= 0.6 is 0 Å². The van der Waals surface area contributed by atoms with Gasteiger partial charge in [-0.25, -0.2) is 0 Å². The molecule has 1 heterocycles. The predicted octanol–water partition coefficient (Wildman–Crippen LogP) is 3.08. The van der Waals surface area contributed by atoms with E-state index in [1.54, 1.807) is 60.6 Å². The first-order valence-corrected chi connectivity index (χ1v) is 9.82. The van der Waals surface area contributed by atoms with Gasteiger partial charge in [-0.05, 0) is 36.2 Å². The average Bonchev–Trinajstić information content (AvgIpc) is 2.82. The highest BCUT2D eigenvalue weighted by Gasteiger charge is 2.28. The van der Waals surface area contributed by atoms with Gasteiger partial charge in [-0.15, -0.1) is 0 Å². The van der Waals surface area contributed by atoms with E-state index in [-0.39, 0.29) is 18.4 Å². The molecule has 0 bridgehead atoms. The number of nitrogens with one attached hydrogen (secondary N) is 1. The topological polar surface area (TPSA) is 82.5 Å². The highest BCUT2D eigenvalue weighted by Crippen LogP contribution is 2.24. The molecule has 2 atom stereocenters. The van der Waals surface area contributed by atoms with Crippen molar-refractivity contribution in [1.29, 1.82) is 0 Å². The van der Waals surface area contributed by atoms with Gasteiger partial charge in [0.05, 0.1) is 12.1 Å². The normalized spacial score (nSPS) is 12.6. The summed E-state index contributed by atoms with van der Waals surface area (Å²) in [5.74, 6) is -0.479. The van der Waals surface area contributed by atoms with Crippen LogP contribution in [0.3, 0.4) is 0 Å². The summed E-state index contributed by atoms with van der Waals surface area (Å²) in [6.45, 7) is 0.288. The molecule has 0 saturated heterocycles. The first kappa shape index (κ1) is 21.2. The van der Waals surface area contributed by atoms with E-state index < -0.39 is 12.1 Å². The molecule has 0 aliphatic carbocycles. The van der Waals surface area contributed by atoms with Crippen LogP contribution < -0.4 is 5.32 Å². The molecule has 0 spiro atoms. The number of likely N-dealkylation sites (N-methyl/N-ethyl adjacent to an activating group) is 1. The summed E-state index contributed by atoms with van der Waals surface area (Å²) in [6, 6.07) is 22.8. The Kier molecular flexibility index (Phi) is 7.29. The Morgan fingerprint density at radius 1 is 0.967 bits per heavy atom. The minimum atomic E-state index is -0.893. The fourth-order valence-electron chi connectivity index (χ4n) is 3.29. The molecule has 2 N–H and O–H groups in total. The van der Waals surface area contributed by atoms with Crippen LogP contribution in [0, 0.1) is 0 Å². The molecule has 3 rings (SSSR count). The third kappa shape index (κ3) is 5.30. The van der Waals surface area contributed by atoms with Crippen molar-refractivity contribution in [3.05, 3.63) is 102 Å². The molecule has 2 aromatic carbocycles. The summed E-state index contributed by atoms with van der Waals surface area (Å²) in [5.41, 5.74) is 1.58. The number of hydrogen-bond acceptors (Lipinski definition) is 4. The van der Waals surface area contributed by atoms with E-state index in [0.717, 1.165) is 0 Å². The number of benzene rings is 2. The lowest BCUT2D eigenvalue weighted by atomic mass is 9.97. The molecule has 154 valence electrons. The van der Waals surface area contributed by atoms with Gasteiger partial charge in [0.1, 0.15) is 5.69 Å². The van der Waals surface area contributed by atoms with Gasteiger partial charge >= 0.3 is 0 Å². The average molecular weight is 403 g/mol. The number of hydrogen-bond donors (Lipinski definition) is 2. The first-order valence-electron chi connectivity index (χ1n) is 9.82. The number of pyridine rings is 1. The summed E-state index contributed by atoms with van der Waals surface area (Å²) in [4.78, 5) is 30.8. The van der Waals surface area contributed by atoms with Crippen LogP contribution in [0.4, 0.5) is 0 Å². The molecule has 30 heavy (non-hydrogen) atoms. The number of carbonyl (C=O) groups excluding carboxylic acids is 2. The van der Waals surface area contributed by atoms with Crippen molar-refractivity contribution in [2.45, 2.75) is 18.6 Å². The van der Waals surface area contributed by atoms with E-state index in [9.17, 15) is 14.7 Å². The van der Waals surface area contributed by atoms with Crippen LogP contribution in [0.2, 0.25) is 0 Å². The van der Waals surface area contributed by atoms with Gasteiger partial charge in [0.15, 0.2) is 0 Å². The number of amides is 2. The van der Waals surface area contributed by atoms with E-state index in [1.807, 2.05) is 36.4 Å². The Bertz CT molecular complexity index is 949. The highest BCUT2D eigenvalue weighted by molar-refractivity contribution is 5.94. The molecule has 0 saturated carbocycles. The van der Waals surface area contributed by atoms with Crippen LogP contribution in [0.15, 0.2) is 85.1 Å². The van der Waals surface area contributed by atoms with Gasteiger partial charge in [-0.1, -0.05) is 54.6 Å². The summed E-state index contributed by atoms with van der Waals surface area (Å²) < 4.78 is 0. The highest BCUT2D eigenvalue weighted by atomic mass is 16.3. The van der Waals surface area contributed by atoms with E-state index >= 15 is 0 Å². The van der Waals surface area contributed by atoms with Crippen molar-refractivity contribution in [3.8, 4) is 0 Å². The Balaban J connectivity index is 1.73. The van der Waals surface area contributed by atoms with Gasteiger partial charge in [-0.3, -0.25) is 14.6 Å². The van der Waals surface area contributed by atoms with E-state index in [0.29, 0.717) is 23.2 Å². The largest absolute Gasteiger partial charge is 0.386 e. The van der Waals surface area contributed by atoms with Crippen molar-refractivity contribution < 1.29 is 14.7 Å². The lowest BCUT2D eigenvalue weighted by Gasteiger charge is -2.32. The summed E-state index contributed by atoms with van der Waals surface area (Å²) in [6.07, 6.45) is 1.04. The number of nitrogens with zero attached hydrogens (tertiary/aromatic N) is 2. The molecular weight excluding hydrogens is 378 g/mol. The number of carbonyl (C=O) groups is 2. The summed E-state index contributed by atoms with van der Waals surface area (Å²) >= 11 is 0. The molecule has 0 aliphatic heterocycles. The van der Waals surface area contributed by atoms with Crippen LogP contribution in [0.5, 0.6) is 0 Å². The number of rotatable bonds is 8. The van der Waals surface area contributed by atoms with E-state index in [4.69, 9.17) is 0 Å². The fraction of sp³-hybridized carbons (Fsp3) is 0.208. The second-order valence-corrected chi connectivity index (χ2v) is 6.96. The van der Waals surface area contributed by atoms with E-state index in [1.165, 1.54) is 0 Å². The minimum absolute atomic E-state index is 0.188. The molecular formula is C24H25N3O3. The molecule has 0 aliphatic rings. The van der Waals surface area contributed by atoms with Crippen LogP contribution in [-0.4, -0.2) is 46.4 Å². The SMILES string of the molecule is CN(C(=O)c1ccccc1)C(CCNC(=O)c1ccccn1)C(O)c1ccccc1.